The molecule has 0 aromatic heterocycles. The normalized spacial score (nSPS) is 24.7. The van der Waals surface area contributed by atoms with Crippen LogP contribution in [0.4, 0.5) is 0 Å². The number of morpholine rings is 1. The van der Waals surface area contributed by atoms with Crippen molar-refractivity contribution in [3.8, 4) is 11.5 Å². The molecule has 0 amide bonds. The lowest BCUT2D eigenvalue weighted by atomic mass is 9.84. The van der Waals surface area contributed by atoms with Crippen molar-refractivity contribution in [2.45, 2.75) is 25.0 Å². The Hall–Kier alpha value is -0.970. The summed E-state index contributed by atoms with van der Waals surface area (Å²) in [6.07, 6.45) is 2.18. The van der Waals surface area contributed by atoms with E-state index in [2.05, 4.69) is 5.32 Å². The highest BCUT2D eigenvalue weighted by molar-refractivity contribution is 5.85. The molecule has 1 N–H and O–H groups in total. The fourth-order valence-corrected chi connectivity index (χ4v) is 3.05. The largest absolute Gasteiger partial charge is 0.496 e. The zero-order valence-electron chi connectivity index (χ0n) is 11.3. The van der Waals surface area contributed by atoms with Gasteiger partial charge in [0.05, 0.1) is 20.8 Å². The molecule has 1 aliphatic carbocycles. The van der Waals surface area contributed by atoms with Crippen LogP contribution in [0.5, 0.6) is 11.5 Å². The quantitative estimate of drug-likeness (QED) is 0.903. The number of benzene rings is 1. The van der Waals surface area contributed by atoms with Gasteiger partial charge in [-0.2, -0.15) is 0 Å². The molecule has 1 aromatic rings. The molecule has 3 rings (SSSR count). The van der Waals surface area contributed by atoms with Crippen LogP contribution < -0.4 is 14.8 Å². The minimum atomic E-state index is 0. The van der Waals surface area contributed by atoms with Crippen molar-refractivity contribution < 1.29 is 14.2 Å². The molecule has 0 saturated carbocycles. The predicted molar refractivity (Wildman–Crippen MR) is 75.6 cm³/mol. The Morgan fingerprint density at radius 3 is 2.68 bits per heavy atom. The van der Waals surface area contributed by atoms with Crippen LogP contribution in [0, 0.1) is 0 Å². The predicted octanol–water partition coefficient (Wildman–Crippen LogP) is 2.10. The Bertz CT molecular complexity index is 453. The van der Waals surface area contributed by atoms with Crippen molar-refractivity contribution in [2.75, 3.05) is 27.4 Å². The van der Waals surface area contributed by atoms with Gasteiger partial charge in [0.25, 0.3) is 0 Å². The van der Waals surface area contributed by atoms with Crippen molar-refractivity contribution in [2.24, 2.45) is 0 Å². The van der Waals surface area contributed by atoms with Crippen LogP contribution in [-0.4, -0.2) is 33.4 Å². The Kier molecular flexibility index (Phi) is 4.55. The van der Waals surface area contributed by atoms with Crippen molar-refractivity contribution in [3.05, 3.63) is 23.3 Å². The maximum absolute atomic E-state index is 5.95. The summed E-state index contributed by atoms with van der Waals surface area (Å²) in [4.78, 5) is 0. The monoisotopic (exact) mass is 285 g/mol. The first kappa shape index (κ1) is 14.4. The molecule has 0 bridgehead atoms. The van der Waals surface area contributed by atoms with Crippen molar-refractivity contribution >= 4 is 12.4 Å². The molecule has 1 aromatic carbocycles. The van der Waals surface area contributed by atoms with Crippen LogP contribution in [0.15, 0.2) is 12.1 Å². The highest BCUT2D eigenvalue weighted by Crippen LogP contribution is 2.43. The topological polar surface area (TPSA) is 39.7 Å². The molecule has 2 atom stereocenters. The minimum absolute atomic E-state index is 0. The molecular weight excluding hydrogens is 266 g/mol. The van der Waals surface area contributed by atoms with Gasteiger partial charge >= 0.3 is 0 Å². The third-order valence-electron chi connectivity index (χ3n) is 3.88. The number of ether oxygens (including phenoxy) is 3. The van der Waals surface area contributed by atoms with E-state index in [9.17, 15) is 0 Å². The second-order valence-electron chi connectivity index (χ2n) is 4.75. The van der Waals surface area contributed by atoms with Crippen LogP contribution in [-0.2, 0) is 11.2 Å². The fourth-order valence-electron chi connectivity index (χ4n) is 3.05. The molecular formula is C14H20ClNO3. The van der Waals surface area contributed by atoms with E-state index in [-0.39, 0.29) is 18.5 Å². The molecule has 1 fully saturated rings. The van der Waals surface area contributed by atoms with Crippen LogP contribution >= 0.6 is 12.4 Å². The number of fused-ring (bicyclic) bond motifs is 3. The number of halogens is 1. The third kappa shape index (κ3) is 2.40. The Labute approximate surface area is 119 Å². The summed E-state index contributed by atoms with van der Waals surface area (Å²) in [5, 5.41) is 3.53. The third-order valence-corrected chi connectivity index (χ3v) is 3.88. The smallest absolute Gasteiger partial charge is 0.125 e. The van der Waals surface area contributed by atoms with Crippen LogP contribution in [0.2, 0.25) is 0 Å². The average Bonchev–Trinajstić information content (AvgIpc) is 2.45. The van der Waals surface area contributed by atoms with Crippen LogP contribution in [0.3, 0.4) is 0 Å². The summed E-state index contributed by atoms with van der Waals surface area (Å²) in [5.41, 5.74) is 2.40. The second-order valence-corrected chi connectivity index (χ2v) is 4.75. The SMILES string of the molecule is COc1ccc(OC)c2c1CCC1NCCOC21.Cl. The zero-order valence-corrected chi connectivity index (χ0v) is 12.1. The molecule has 4 nitrogen and oxygen atoms in total. The van der Waals surface area contributed by atoms with Crippen LogP contribution in [0.1, 0.15) is 23.7 Å². The maximum atomic E-state index is 5.95. The number of rotatable bonds is 2. The maximum Gasteiger partial charge on any atom is 0.125 e. The lowest BCUT2D eigenvalue weighted by Crippen LogP contribution is -2.46. The summed E-state index contributed by atoms with van der Waals surface area (Å²) in [6.45, 7) is 1.68. The van der Waals surface area contributed by atoms with Crippen molar-refractivity contribution in [3.63, 3.8) is 0 Å². The fraction of sp³-hybridized carbons (Fsp3) is 0.571. The van der Waals surface area contributed by atoms with E-state index in [4.69, 9.17) is 14.2 Å². The molecule has 2 unspecified atom stereocenters. The molecule has 106 valence electrons. The lowest BCUT2D eigenvalue weighted by Gasteiger charge is -2.38. The molecule has 1 aliphatic heterocycles. The first-order chi connectivity index (χ1) is 8.85. The van der Waals surface area contributed by atoms with Gasteiger partial charge in [-0.25, -0.2) is 0 Å². The molecule has 5 heteroatoms. The van der Waals surface area contributed by atoms with E-state index < -0.39 is 0 Å². The van der Waals surface area contributed by atoms with Gasteiger partial charge in [-0.15, -0.1) is 12.4 Å². The molecule has 0 radical (unpaired) electrons. The number of hydrogen-bond acceptors (Lipinski definition) is 4. The molecule has 2 aliphatic rings. The van der Waals surface area contributed by atoms with Crippen molar-refractivity contribution in [1.82, 2.24) is 5.32 Å². The Morgan fingerprint density at radius 2 is 1.95 bits per heavy atom. The summed E-state index contributed by atoms with van der Waals surface area (Å²) in [7, 11) is 3.43. The Morgan fingerprint density at radius 1 is 1.21 bits per heavy atom. The standard InChI is InChI=1S/C14H19NO3.ClH/c1-16-11-5-6-12(17-2)13-9(11)3-4-10-14(13)18-8-7-15-10;/h5-6,10,14-15H,3-4,7-8H2,1-2H3;1H. The number of hydrogen-bond donors (Lipinski definition) is 1. The van der Waals surface area contributed by atoms with Gasteiger partial charge in [0.15, 0.2) is 0 Å². The van der Waals surface area contributed by atoms with E-state index in [1.807, 2.05) is 12.1 Å². The van der Waals surface area contributed by atoms with E-state index in [0.29, 0.717) is 6.04 Å². The van der Waals surface area contributed by atoms with Gasteiger partial charge in [0.1, 0.15) is 17.6 Å². The van der Waals surface area contributed by atoms with Gasteiger partial charge in [-0.3, -0.25) is 0 Å². The van der Waals surface area contributed by atoms with Gasteiger partial charge in [-0.1, -0.05) is 0 Å². The summed E-state index contributed by atoms with van der Waals surface area (Å²) >= 11 is 0. The highest BCUT2D eigenvalue weighted by atomic mass is 35.5. The number of methoxy groups -OCH3 is 2. The van der Waals surface area contributed by atoms with Gasteiger partial charge in [-0.05, 0) is 25.0 Å². The first-order valence-corrected chi connectivity index (χ1v) is 6.44. The highest BCUT2D eigenvalue weighted by Gasteiger charge is 2.36. The Balaban J connectivity index is 0.00000133. The second kappa shape index (κ2) is 5.99. The van der Waals surface area contributed by atoms with E-state index in [1.165, 1.54) is 11.1 Å². The van der Waals surface area contributed by atoms with Gasteiger partial charge in [0.2, 0.25) is 0 Å². The molecule has 19 heavy (non-hydrogen) atoms. The van der Waals surface area contributed by atoms with Crippen molar-refractivity contribution in [1.29, 1.82) is 0 Å². The van der Waals surface area contributed by atoms with Crippen LogP contribution in [0.25, 0.3) is 0 Å². The number of nitrogens with one attached hydrogen (secondary N) is 1. The molecule has 1 heterocycles. The summed E-state index contributed by atoms with van der Waals surface area (Å²) in [5.74, 6) is 1.85. The van der Waals surface area contributed by atoms with Gasteiger partial charge in [0, 0.05) is 23.7 Å². The summed E-state index contributed by atoms with van der Waals surface area (Å²) in [6, 6.07) is 4.35. The average molecular weight is 286 g/mol. The van der Waals surface area contributed by atoms with E-state index in [0.717, 1.165) is 37.5 Å². The lowest BCUT2D eigenvalue weighted by molar-refractivity contribution is -0.0142. The first-order valence-electron chi connectivity index (χ1n) is 6.44. The van der Waals surface area contributed by atoms with Gasteiger partial charge < -0.3 is 19.5 Å². The molecule has 0 spiro atoms. The zero-order chi connectivity index (χ0) is 12.5. The van der Waals surface area contributed by atoms with E-state index >= 15 is 0 Å². The summed E-state index contributed by atoms with van der Waals surface area (Å²) < 4.78 is 16.9. The molecule has 1 saturated heterocycles. The van der Waals surface area contributed by atoms with E-state index in [1.54, 1.807) is 14.2 Å². The minimum Gasteiger partial charge on any atom is -0.496 e.